The Morgan fingerprint density at radius 2 is 1.67 bits per heavy atom. The lowest BCUT2D eigenvalue weighted by Crippen LogP contribution is -2.59. The monoisotopic (exact) mass is 850 g/mol. The Morgan fingerprint density at radius 3 is 2.39 bits per heavy atom. The molecular formula is C43H62N8O10. The second kappa shape index (κ2) is 17.4. The van der Waals surface area contributed by atoms with Crippen LogP contribution in [0.25, 0.3) is 11.0 Å². The fourth-order valence-corrected chi connectivity index (χ4v) is 10.2. The molecule has 5 unspecified atom stereocenters. The average Bonchev–Trinajstić information content (AvgIpc) is 3.68. The molecule has 1 amide bonds. The van der Waals surface area contributed by atoms with Gasteiger partial charge in [0.2, 0.25) is 0 Å². The molecule has 1 aliphatic carbocycles. The fourth-order valence-electron chi connectivity index (χ4n) is 10.2. The summed E-state index contributed by atoms with van der Waals surface area (Å²) in [6.07, 6.45) is -1.16. The number of carbonyl (C=O) groups is 4. The number of ether oxygens (including phenoxy) is 5. The molecular weight excluding hydrogens is 789 g/mol. The van der Waals surface area contributed by atoms with Crippen molar-refractivity contribution in [2.75, 3.05) is 27.7 Å². The first kappa shape index (κ1) is 44.7. The van der Waals surface area contributed by atoms with Crippen molar-refractivity contribution >= 4 is 34.7 Å². The van der Waals surface area contributed by atoms with Crippen LogP contribution in [0.15, 0.2) is 30.5 Å². The predicted octanol–water partition coefficient (Wildman–Crippen LogP) is 3.28. The van der Waals surface area contributed by atoms with Gasteiger partial charge in [-0.25, -0.2) is 9.48 Å². The van der Waals surface area contributed by atoms with Crippen molar-refractivity contribution in [3.05, 3.63) is 36.2 Å². The first-order valence-corrected chi connectivity index (χ1v) is 21.6. The van der Waals surface area contributed by atoms with Crippen molar-refractivity contribution in [3.63, 3.8) is 0 Å². The zero-order valence-corrected chi connectivity index (χ0v) is 37.0. The Balaban J connectivity index is 1.10. The smallest absolute Gasteiger partial charge is 0.410 e. The summed E-state index contributed by atoms with van der Waals surface area (Å²) in [4.78, 5) is 60.2. The number of fused-ring (bicyclic) bond motifs is 1. The Morgan fingerprint density at radius 1 is 0.951 bits per heavy atom. The van der Waals surface area contributed by atoms with Crippen LogP contribution in [0.5, 0.6) is 0 Å². The molecule has 3 saturated heterocycles. The van der Waals surface area contributed by atoms with Crippen LogP contribution < -0.4 is 0 Å². The third kappa shape index (κ3) is 8.33. The molecule has 3 aliphatic heterocycles. The van der Waals surface area contributed by atoms with E-state index in [0.29, 0.717) is 32.4 Å². The molecule has 1 spiro atoms. The van der Waals surface area contributed by atoms with Gasteiger partial charge in [-0.3, -0.25) is 19.1 Å². The third-order valence-electron chi connectivity index (χ3n) is 13.8. The number of hydrogen-bond donors (Lipinski definition) is 1. The van der Waals surface area contributed by atoms with E-state index in [-0.39, 0.29) is 30.9 Å². The van der Waals surface area contributed by atoms with Crippen molar-refractivity contribution in [2.24, 2.45) is 29.6 Å². The van der Waals surface area contributed by atoms with Gasteiger partial charge in [-0.15, -0.1) is 10.2 Å². The highest BCUT2D eigenvalue weighted by Gasteiger charge is 2.78. The number of aryl methyl sites for hydroxylation is 1. The summed E-state index contributed by atoms with van der Waals surface area (Å²) in [5.41, 5.74) is -0.113. The van der Waals surface area contributed by atoms with E-state index in [4.69, 9.17) is 23.7 Å². The van der Waals surface area contributed by atoms with Crippen LogP contribution in [0.4, 0.5) is 4.79 Å². The number of aliphatic hydroxyl groups excluding tert-OH is 1. The number of para-hydroxylation sites is 1. The molecule has 334 valence electrons. The van der Waals surface area contributed by atoms with Crippen LogP contribution in [0, 0.1) is 29.6 Å². The van der Waals surface area contributed by atoms with Crippen molar-refractivity contribution in [1.29, 1.82) is 0 Å². The zero-order chi connectivity index (χ0) is 44.1. The molecule has 4 aliphatic rings. The maximum absolute atomic E-state index is 14.7. The molecule has 3 aromatic rings. The number of esters is 1. The minimum atomic E-state index is -1.27. The van der Waals surface area contributed by atoms with Gasteiger partial charge in [-0.2, -0.15) is 0 Å². The number of amides is 1. The van der Waals surface area contributed by atoms with Gasteiger partial charge >= 0.3 is 12.1 Å². The van der Waals surface area contributed by atoms with Gasteiger partial charge in [0, 0.05) is 49.9 Å². The van der Waals surface area contributed by atoms with Crippen LogP contribution in [0.3, 0.4) is 0 Å². The number of methoxy groups -OCH3 is 1. The number of hydrogen-bond acceptors (Lipinski definition) is 15. The highest BCUT2D eigenvalue weighted by Crippen LogP contribution is 2.59. The van der Waals surface area contributed by atoms with Gasteiger partial charge in [-0.1, -0.05) is 50.3 Å². The van der Waals surface area contributed by atoms with E-state index in [1.54, 1.807) is 35.0 Å². The summed E-state index contributed by atoms with van der Waals surface area (Å²) < 4.78 is 34.7. The van der Waals surface area contributed by atoms with E-state index >= 15 is 0 Å². The van der Waals surface area contributed by atoms with Crippen LogP contribution in [-0.4, -0.2) is 150 Å². The van der Waals surface area contributed by atoms with Crippen molar-refractivity contribution < 1.29 is 48.0 Å². The summed E-state index contributed by atoms with van der Waals surface area (Å²) >= 11 is 0. The van der Waals surface area contributed by atoms with Gasteiger partial charge < -0.3 is 38.6 Å². The second-order valence-electron chi connectivity index (χ2n) is 18.3. The first-order valence-electron chi connectivity index (χ1n) is 21.6. The number of unbranched alkanes of at least 4 members (excludes halogenated alkanes) is 1. The van der Waals surface area contributed by atoms with Gasteiger partial charge in [-0.05, 0) is 72.7 Å². The minimum Gasteiger partial charge on any atom is -0.457 e. The quantitative estimate of drug-likeness (QED) is 0.167. The lowest BCUT2D eigenvalue weighted by atomic mass is 9.75. The van der Waals surface area contributed by atoms with E-state index in [1.165, 1.54) is 14.0 Å². The molecule has 18 nitrogen and oxygen atoms in total. The zero-order valence-electron chi connectivity index (χ0n) is 37.0. The van der Waals surface area contributed by atoms with E-state index in [0.717, 1.165) is 16.7 Å². The molecule has 18 heteroatoms. The fraction of sp³-hybridized carbons (Fsp3) is 0.721. The first-order chi connectivity index (χ1) is 28.9. The molecule has 1 saturated carbocycles. The number of ketones is 2. The van der Waals surface area contributed by atoms with Crippen LogP contribution >= 0.6 is 0 Å². The van der Waals surface area contributed by atoms with Crippen LogP contribution in [0.2, 0.25) is 0 Å². The molecule has 14 atom stereocenters. The number of rotatable bonds is 11. The van der Waals surface area contributed by atoms with Crippen molar-refractivity contribution in [3.8, 4) is 0 Å². The van der Waals surface area contributed by atoms with Crippen LogP contribution in [-0.2, 0) is 51.2 Å². The summed E-state index contributed by atoms with van der Waals surface area (Å²) in [5.74, 6) is -5.33. The number of likely N-dealkylation sites (N-methyl/N-ethyl adjacent to an activating group) is 1. The van der Waals surface area contributed by atoms with E-state index in [2.05, 4.69) is 20.6 Å². The maximum Gasteiger partial charge on any atom is 0.410 e. The topological polar surface area (TPSA) is 203 Å². The maximum atomic E-state index is 14.7. The number of nitrogens with zero attached hydrogens (tertiary/aromatic N) is 8. The highest BCUT2D eigenvalue weighted by atomic mass is 16.7. The molecule has 1 N–H and O–H groups in total. The Hall–Kier alpha value is -4.36. The number of benzene rings is 1. The molecule has 4 fully saturated rings. The Kier molecular flexibility index (Phi) is 12.8. The van der Waals surface area contributed by atoms with Crippen molar-refractivity contribution in [2.45, 2.75) is 141 Å². The standard InChI is InChI=1S/C43H62N8O10/c1-23-20-42(7,57-10)37(60-40-35(54)32(48(8)9)19-24(2)58-40)26(4)34(53)27(5)39(55)59-38-28(6)43(38)36(25(3)33(23)52)50(41(56)61-43)18-14-13-17-49-21-29(44-46-49)22-51-31-16-12-11-15-30(31)45-47-51/h11-12,15-16,21,23-28,32,35-38,40,54H,13-14,17-20,22H2,1-10H3/t23-,24?,25+,26+,27-,28?,32?,35?,36-,37-,38-,40?,42+,43+/m1/s1. The number of Topliss-reactive ketones (excluding diaryl/α,β-unsaturated/α-hetero) is 2. The molecule has 0 bridgehead atoms. The minimum absolute atomic E-state index is 0.129. The molecule has 61 heavy (non-hydrogen) atoms. The molecule has 0 radical (unpaired) electrons. The molecule has 1 aromatic carbocycles. The normalized spacial score (nSPS) is 37.3. The molecule has 7 rings (SSSR count). The Bertz CT molecular complexity index is 2090. The second-order valence-corrected chi connectivity index (χ2v) is 18.3. The van der Waals surface area contributed by atoms with E-state index in [1.807, 2.05) is 70.2 Å². The van der Waals surface area contributed by atoms with Gasteiger partial charge in [0.25, 0.3) is 0 Å². The van der Waals surface area contributed by atoms with Crippen LogP contribution in [0.1, 0.15) is 79.8 Å². The average molecular weight is 851 g/mol. The molecule has 2 aromatic heterocycles. The van der Waals surface area contributed by atoms with Crippen molar-refractivity contribution in [1.82, 2.24) is 39.8 Å². The summed E-state index contributed by atoms with van der Waals surface area (Å²) in [5, 5.41) is 28.5. The van der Waals surface area contributed by atoms with E-state index in [9.17, 15) is 24.3 Å². The third-order valence-corrected chi connectivity index (χ3v) is 13.8. The Labute approximate surface area is 356 Å². The molecule has 5 heterocycles. The largest absolute Gasteiger partial charge is 0.457 e. The number of aliphatic hydroxyl groups is 1. The van der Waals surface area contributed by atoms with E-state index < -0.39 is 89.3 Å². The SMILES string of the molecule is CO[C@@]1(C)C[C@@H](C)C(=O)[C@H](C)[C@H]2N(CCCCn3cc(Cn4nnc5ccccc54)nn3)C(=O)O[C@@]23C(C)[C@H]3OC(=O)[C@H](C)C(=O)[C@H](C)[C@H]1OC1OC(C)CC(N(C)C)C1O. The number of aromatic nitrogens is 6. The van der Waals surface area contributed by atoms with Gasteiger partial charge in [0.05, 0.1) is 42.1 Å². The predicted molar refractivity (Wildman–Crippen MR) is 219 cm³/mol. The van der Waals surface area contributed by atoms with Gasteiger partial charge in [0.1, 0.15) is 29.0 Å². The summed E-state index contributed by atoms with van der Waals surface area (Å²) in [6.45, 7) is 13.5. The highest BCUT2D eigenvalue weighted by molar-refractivity contribution is 6.00. The lowest BCUT2D eigenvalue weighted by molar-refractivity contribution is -0.295. The summed E-state index contributed by atoms with van der Waals surface area (Å²) in [7, 11) is 5.24. The van der Waals surface area contributed by atoms with Gasteiger partial charge in [0.15, 0.2) is 23.8 Å². The summed E-state index contributed by atoms with van der Waals surface area (Å²) in [6, 6.07) is 6.67. The number of carbonyl (C=O) groups excluding carboxylic acids is 4. The lowest BCUT2D eigenvalue weighted by Gasteiger charge is -2.46.